The van der Waals surface area contributed by atoms with Gasteiger partial charge in [-0.05, 0) is 63.9 Å². The molecule has 3 N–H and O–H groups in total. The summed E-state index contributed by atoms with van der Waals surface area (Å²) in [5, 5.41) is 20.6. The van der Waals surface area contributed by atoms with Gasteiger partial charge in [-0.2, -0.15) is 5.10 Å². The summed E-state index contributed by atoms with van der Waals surface area (Å²) < 4.78 is 14.3. The van der Waals surface area contributed by atoms with E-state index in [9.17, 15) is 14.3 Å². The van der Waals surface area contributed by atoms with E-state index < -0.39 is 17.2 Å². The Morgan fingerprint density at radius 3 is 2.62 bits per heavy atom. The number of piperidine rings is 1. The van der Waals surface area contributed by atoms with Gasteiger partial charge in [-0.1, -0.05) is 29.8 Å². The minimum atomic E-state index is -0.920. The van der Waals surface area contributed by atoms with Gasteiger partial charge in [0.25, 0.3) is 0 Å². The highest BCUT2D eigenvalue weighted by Gasteiger charge is 2.42. The Balaban J connectivity index is 1.50. The van der Waals surface area contributed by atoms with Crippen LogP contribution in [0.15, 0.2) is 30.3 Å². The molecule has 3 aromatic rings. The first kappa shape index (κ1) is 24.2. The maximum Gasteiger partial charge on any atom is 0.310 e. The van der Waals surface area contributed by atoms with Crippen molar-refractivity contribution in [2.24, 2.45) is 5.41 Å². The molecule has 0 aliphatic carbocycles. The van der Waals surface area contributed by atoms with E-state index in [4.69, 9.17) is 16.6 Å². The Bertz CT molecular complexity index is 1200. The molecule has 0 atom stereocenters. The minimum absolute atomic E-state index is 0.102. The molecule has 7 nitrogen and oxygen atoms in total. The summed E-state index contributed by atoms with van der Waals surface area (Å²) in [6.07, 6.45) is 1.25. The van der Waals surface area contributed by atoms with E-state index in [0.717, 1.165) is 22.5 Å². The SMILES string of the molecule is Cc1cc(Nc2nc(CC3(C(=O)O)CCN(Cc4cccc(Cl)c4F)CC3)c(C)cc2C)n[nH]1. The number of aliphatic carboxylic acids is 1. The van der Waals surface area contributed by atoms with Crippen LogP contribution >= 0.6 is 11.6 Å². The van der Waals surface area contributed by atoms with Gasteiger partial charge in [0, 0.05) is 36.0 Å². The zero-order valence-electron chi connectivity index (χ0n) is 19.6. The first-order chi connectivity index (χ1) is 16.2. The molecule has 1 aliphatic rings. The smallest absolute Gasteiger partial charge is 0.310 e. The normalized spacial score (nSPS) is 15.9. The Morgan fingerprint density at radius 1 is 1.24 bits per heavy atom. The molecule has 1 aromatic carbocycles. The van der Waals surface area contributed by atoms with Crippen LogP contribution in [-0.4, -0.2) is 44.2 Å². The number of carboxylic acids is 1. The quantitative estimate of drug-likeness (QED) is 0.427. The molecule has 0 bridgehead atoms. The first-order valence-corrected chi connectivity index (χ1v) is 11.7. The fraction of sp³-hybridized carbons (Fsp3) is 0.400. The Hall–Kier alpha value is -2.97. The summed E-state index contributed by atoms with van der Waals surface area (Å²) >= 11 is 5.91. The van der Waals surface area contributed by atoms with Crippen LogP contribution in [0, 0.1) is 32.0 Å². The number of aromatic amines is 1. The highest BCUT2D eigenvalue weighted by Crippen LogP contribution is 2.37. The van der Waals surface area contributed by atoms with Gasteiger partial charge >= 0.3 is 5.97 Å². The van der Waals surface area contributed by atoms with Crippen molar-refractivity contribution in [3.63, 3.8) is 0 Å². The fourth-order valence-electron chi connectivity index (χ4n) is 4.53. The molecule has 0 saturated carbocycles. The number of nitrogens with one attached hydrogen (secondary N) is 2. The van der Waals surface area contributed by atoms with Crippen LogP contribution < -0.4 is 5.32 Å². The summed E-state index contributed by atoms with van der Waals surface area (Å²) in [6.45, 7) is 7.36. The standard InChI is InChI=1S/C25H29ClFN5O2/c1-15-11-16(2)23(29-21-12-17(3)30-31-21)28-20(15)13-25(24(33)34)7-9-32(10-8-25)14-18-5-4-6-19(26)22(18)27/h4-6,11-12H,7-10,13-14H2,1-3H3,(H,33,34)(H2,28,29,30,31). The van der Waals surface area contributed by atoms with E-state index in [0.29, 0.717) is 56.1 Å². The van der Waals surface area contributed by atoms with Crippen LogP contribution in [0.5, 0.6) is 0 Å². The second-order valence-electron chi connectivity index (χ2n) is 9.23. The first-order valence-electron chi connectivity index (χ1n) is 11.3. The van der Waals surface area contributed by atoms with Crippen molar-refractivity contribution >= 4 is 29.2 Å². The van der Waals surface area contributed by atoms with Crippen LogP contribution in [0.1, 0.15) is 40.9 Å². The molecule has 0 amide bonds. The number of benzene rings is 1. The van der Waals surface area contributed by atoms with Crippen molar-refractivity contribution in [3.05, 3.63) is 69.2 Å². The molecular formula is C25H29ClFN5O2. The predicted octanol–water partition coefficient (Wildman–Crippen LogP) is 5.18. The third-order valence-electron chi connectivity index (χ3n) is 6.66. The number of nitrogens with zero attached hydrogens (tertiary/aromatic N) is 3. The largest absolute Gasteiger partial charge is 0.481 e. The summed E-state index contributed by atoms with van der Waals surface area (Å²) in [7, 11) is 0. The molecular weight excluding hydrogens is 457 g/mol. The van der Waals surface area contributed by atoms with Crippen molar-refractivity contribution in [2.75, 3.05) is 18.4 Å². The van der Waals surface area contributed by atoms with Gasteiger partial charge in [0.2, 0.25) is 0 Å². The predicted molar refractivity (Wildman–Crippen MR) is 130 cm³/mol. The Morgan fingerprint density at radius 2 is 1.97 bits per heavy atom. The van der Waals surface area contributed by atoms with E-state index in [1.807, 2.05) is 32.9 Å². The second kappa shape index (κ2) is 9.72. The number of anilines is 2. The molecule has 2 aromatic heterocycles. The van der Waals surface area contributed by atoms with Gasteiger partial charge in [-0.25, -0.2) is 9.37 Å². The molecule has 0 unspecified atom stereocenters. The maximum atomic E-state index is 14.3. The molecule has 0 radical (unpaired) electrons. The molecule has 4 rings (SSSR count). The van der Waals surface area contributed by atoms with Crippen LogP contribution in [0.2, 0.25) is 5.02 Å². The maximum absolute atomic E-state index is 14.3. The highest BCUT2D eigenvalue weighted by atomic mass is 35.5. The molecule has 1 fully saturated rings. The zero-order valence-corrected chi connectivity index (χ0v) is 20.3. The summed E-state index contributed by atoms with van der Waals surface area (Å²) in [5.41, 5.74) is 3.22. The third-order valence-corrected chi connectivity index (χ3v) is 6.95. The van der Waals surface area contributed by atoms with Crippen LogP contribution in [0.25, 0.3) is 0 Å². The molecule has 180 valence electrons. The molecule has 34 heavy (non-hydrogen) atoms. The Labute approximate surface area is 203 Å². The van der Waals surface area contributed by atoms with Crippen LogP contribution in [0.4, 0.5) is 16.0 Å². The average molecular weight is 486 g/mol. The van der Waals surface area contributed by atoms with E-state index >= 15 is 0 Å². The fourth-order valence-corrected chi connectivity index (χ4v) is 4.73. The topological polar surface area (TPSA) is 94.1 Å². The van der Waals surface area contributed by atoms with E-state index in [1.54, 1.807) is 12.1 Å². The number of rotatable bonds is 7. The van der Waals surface area contributed by atoms with Gasteiger partial charge < -0.3 is 10.4 Å². The van der Waals surface area contributed by atoms with Crippen molar-refractivity contribution in [1.82, 2.24) is 20.1 Å². The molecule has 3 heterocycles. The van der Waals surface area contributed by atoms with Gasteiger partial charge in [0.15, 0.2) is 5.82 Å². The number of carboxylic acid groups (broad SMARTS) is 1. The van der Waals surface area contributed by atoms with Gasteiger partial charge in [-0.3, -0.25) is 14.8 Å². The van der Waals surface area contributed by atoms with Crippen LogP contribution in [0.3, 0.4) is 0 Å². The van der Waals surface area contributed by atoms with Crippen molar-refractivity contribution < 1.29 is 14.3 Å². The average Bonchev–Trinajstić information content (AvgIpc) is 3.20. The van der Waals surface area contributed by atoms with Crippen molar-refractivity contribution in [2.45, 2.75) is 46.6 Å². The minimum Gasteiger partial charge on any atom is -0.481 e. The molecule has 9 heteroatoms. The number of likely N-dealkylation sites (tertiary alicyclic amines) is 1. The van der Waals surface area contributed by atoms with Crippen molar-refractivity contribution in [3.8, 4) is 0 Å². The summed E-state index contributed by atoms with van der Waals surface area (Å²) in [5.74, 6) is 0.102. The number of H-pyrrole nitrogens is 1. The lowest BCUT2D eigenvalue weighted by molar-refractivity contribution is -0.152. The lowest BCUT2D eigenvalue weighted by Crippen LogP contribution is -2.45. The number of hydrogen-bond donors (Lipinski definition) is 3. The molecule has 1 saturated heterocycles. The number of carbonyl (C=O) groups is 1. The number of hydrogen-bond acceptors (Lipinski definition) is 5. The second-order valence-corrected chi connectivity index (χ2v) is 9.64. The lowest BCUT2D eigenvalue weighted by atomic mass is 9.74. The number of aromatic nitrogens is 3. The lowest BCUT2D eigenvalue weighted by Gasteiger charge is -2.39. The van der Waals surface area contributed by atoms with E-state index in [-0.39, 0.29) is 5.02 Å². The van der Waals surface area contributed by atoms with Gasteiger partial charge in [0.05, 0.1) is 10.4 Å². The zero-order chi connectivity index (χ0) is 24.5. The monoisotopic (exact) mass is 485 g/mol. The number of aryl methyl sites for hydroxylation is 3. The van der Waals surface area contributed by atoms with Crippen molar-refractivity contribution in [1.29, 1.82) is 0 Å². The van der Waals surface area contributed by atoms with Gasteiger partial charge in [-0.15, -0.1) is 0 Å². The molecule has 0 spiro atoms. The van der Waals surface area contributed by atoms with Crippen LogP contribution in [-0.2, 0) is 17.8 Å². The van der Waals surface area contributed by atoms with Gasteiger partial charge in [0.1, 0.15) is 11.6 Å². The summed E-state index contributed by atoms with van der Waals surface area (Å²) in [6, 6.07) is 8.89. The summed E-state index contributed by atoms with van der Waals surface area (Å²) in [4.78, 5) is 19.3. The molecule has 1 aliphatic heterocycles. The Kier molecular flexibility index (Phi) is 6.91. The number of halogens is 2. The van der Waals surface area contributed by atoms with E-state index in [1.165, 1.54) is 6.07 Å². The van der Waals surface area contributed by atoms with E-state index in [2.05, 4.69) is 20.4 Å². The highest BCUT2D eigenvalue weighted by molar-refractivity contribution is 6.30. The number of pyridine rings is 1. The third kappa shape index (κ3) is 5.08.